The van der Waals surface area contributed by atoms with E-state index < -0.39 is 0 Å². The minimum atomic E-state index is 0.159. The molecule has 0 radical (unpaired) electrons. The average Bonchev–Trinajstić information content (AvgIpc) is 2.54. The van der Waals surface area contributed by atoms with Crippen LogP contribution in [0.15, 0.2) is 36.5 Å². The van der Waals surface area contributed by atoms with Crippen molar-refractivity contribution < 1.29 is 4.74 Å². The first-order chi connectivity index (χ1) is 10.7. The molecule has 2 aromatic rings. The fraction of sp³-hybridized carbons (Fsp3) is 0.444. The van der Waals surface area contributed by atoms with E-state index in [0.717, 1.165) is 31.7 Å². The smallest absolute Gasteiger partial charge is 0.222 e. The molecular weight excluding hydrogens is 274 g/mol. The van der Waals surface area contributed by atoms with Gasteiger partial charge in [0.05, 0.1) is 6.10 Å². The van der Waals surface area contributed by atoms with Crippen molar-refractivity contribution in [1.29, 1.82) is 0 Å². The summed E-state index contributed by atoms with van der Waals surface area (Å²) < 4.78 is 6.05. The summed E-state index contributed by atoms with van der Waals surface area (Å²) in [5.74, 6) is 1.15. The molecule has 3 rings (SSSR count). The predicted octanol–water partition coefficient (Wildman–Crippen LogP) is 3.67. The van der Waals surface area contributed by atoms with Crippen molar-refractivity contribution in [3.05, 3.63) is 53.3 Å². The van der Waals surface area contributed by atoms with Gasteiger partial charge in [-0.05, 0) is 38.3 Å². The number of aryl methyl sites for hydroxylation is 2. The van der Waals surface area contributed by atoms with Gasteiger partial charge < -0.3 is 10.1 Å². The summed E-state index contributed by atoms with van der Waals surface area (Å²) in [7, 11) is 0. The summed E-state index contributed by atoms with van der Waals surface area (Å²) in [6, 6.07) is 10.6. The molecule has 1 aliphatic rings. The zero-order valence-electron chi connectivity index (χ0n) is 13.2. The van der Waals surface area contributed by atoms with Gasteiger partial charge in [0.1, 0.15) is 0 Å². The molecule has 0 saturated carbocycles. The lowest BCUT2D eigenvalue weighted by Gasteiger charge is -2.32. The Bertz CT molecular complexity index is 612. The fourth-order valence-corrected chi connectivity index (χ4v) is 2.93. The van der Waals surface area contributed by atoms with E-state index in [9.17, 15) is 0 Å². The summed E-state index contributed by atoms with van der Waals surface area (Å²) in [5.41, 5.74) is 3.53. The van der Waals surface area contributed by atoms with E-state index in [-0.39, 0.29) is 6.10 Å². The number of rotatable bonds is 4. The average molecular weight is 297 g/mol. The van der Waals surface area contributed by atoms with Crippen molar-refractivity contribution in [2.45, 2.75) is 32.8 Å². The van der Waals surface area contributed by atoms with Gasteiger partial charge in [0.2, 0.25) is 5.95 Å². The summed E-state index contributed by atoms with van der Waals surface area (Å²) in [6.45, 7) is 5.77. The monoisotopic (exact) mass is 297 g/mol. The Balaban J connectivity index is 1.68. The van der Waals surface area contributed by atoms with Crippen LogP contribution in [0.3, 0.4) is 0 Å². The van der Waals surface area contributed by atoms with Crippen LogP contribution in [0.2, 0.25) is 0 Å². The van der Waals surface area contributed by atoms with E-state index in [1.807, 2.05) is 13.0 Å². The second-order valence-corrected chi connectivity index (χ2v) is 6.01. The third-order valence-electron chi connectivity index (χ3n) is 4.17. The van der Waals surface area contributed by atoms with Crippen LogP contribution in [-0.2, 0) is 4.74 Å². The lowest BCUT2D eigenvalue weighted by atomic mass is 9.89. The highest BCUT2D eigenvalue weighted by molar-refractivity contribution is 5.27. The maximum atomic E-state index is 6.05. The van der Waals surface area contributed by atoms with E-state index in [1.165, 1.54) is 11.1 Å². The van der Waals surface area contributed by atoms with Gasteiger partial charge in [-0.25, -0.2) is 9.97 Å². The number of nitrogens with one attached hydrogen (secondary N) is 1. The minimum absolute atomic E-state index is 0.159. The van der Waals surface area contributed by atoms with Crippen molar-refractivity contribution >= 4 is 5.95 Å². The lowest BCUT2D eigenvalue weighted by molar-refractivity contribution is -0.0238. The van der Waals surface area contributed by atoms with Crippen LogP contribution in [0.5, 0.6) is 0 Å². The van der Waals surface area contributed by atoms with E-state index in [0.29, 0.717) is 11.9 Å². The number of hydrogen-bond donors (Lipinski definition) is 1. The molecular formula is C18H23N3O. The Kier molecular flexibility index (Phi) is 4.68. The Hall–Kier alpha value is -1.94. The van der Waals surface area contributed by atoms with Crippen molar-refractivity contribution in [2.24, 2.45) is 5.92 Å². The van der Waals surface area contributed by atoms with Gasteiger partial charge in [0.25, 0.3) is 0 Å². The summed E-state index contributed by atoms with van der Waals surface area (Å²) in [6.07, 6.45) is 4.23. The molecule has 0 aliphatic carbocycles. The fourth-order valence-electron chi connectivity index (χ4n) is 2.93. The standard InChI is InChI=1S/C18H23N3O/c1-13-5-7-15(8-6-13)17-16(4-3-11-22-17)12-20-18-19-10-9-14(2)21-18/h5-10,16-17H,3-4,11-12H2,1-2H3,(H,19,20,21). The largest absolute Gasteiger partial charge is 0.373 e. The van der Waals surface area contributed by atoms with Crippen LogP contribution in [0.4, 0.5) is 5.95 Å². The number of hydrogen-bond acceptors (Lipinski definition) is 4. The van der Waals surface area contributed by atoms with E-state index in [4.69, 9.17) is 4.74 Å². The first-order valence-electron chi connectivity index (χ1n) is 7.94. The van der Waals surface area contributed by atoms with E-state index in [2.05, 4.69) is 46.5 Å². The summed E-state index contributed by atoms with van der Waals surface area (Å²) in [4.78, 5) is 8.67. The van der Waals surface area contributed by atoms with E-state index >= 15 is 0 Å². The van der Waals surface area contributed by atoms with Gasteiger partial charge in [-0.2, -0.15) is 0 Å². The Labute approximate surface area is 132 Å². The Morgan fingerprint density at radius 2 is 2.00 bits per heavy atom. The topological polar surface area (TPSA) is 47.0 Å². The van der Waals surface area contributed by atoms with Crippen molar-refractivity contribution in [3.63, 3.8) is 0 Å². The Morgan fingerprint density at radius 3 is 2.77 bits per heavy atom. The number of aromatic nitrogens is 2. The van der Waals surface area contributed by atoms with E-state index in [1.54, 1.807) is 6.20 Å². The van der Waals surface area contributed by atoms with Gasteiger partial charge >= 0.3 is 0 Å². The van der Waals surface area contributed by atoms with Crippen molar-refractivity contribution in [2.75, 3.05) is 18.5 Å². The van der Waals surface area contributed by atoms with Crippen LogP contribution >= 0.6 is 0 Å². The molecule has 2 unspecified atom stereocenters. The molecule has 2 atom stereocenters. The second kappa shape index (κ2) is 6.88. The highest BCUT2D eigenvalue weighted by Gasteiger charge is 2.27. The first kappa shape index (κ1) is 15.0. The Morgan fingerprint density at radius 1 is 1.18 bits per heavy atom. The van der Waals surface area contributed by atoms with Gasteiger partial charge in [-0.1, -0.05) is 29.8 Å². The molecule has 0 spiro atoms. The predicted molar refractivity (Wildman–Crippen MR) is 87.9 cm³/mol. The highest BCUT2D eigenvalue weighted by Crippen LogP contribution is 2.33. The molecule has 1 N–H and O–H groups in total. The molecule has 0 amide bonds. The second-order valence-electron chi connectivity index (χ2n) is 6.01. The van der Waals surface area contributed by atoms with Gasteiger partial charge in [0.15, 0.2) is 0 Å². The molecule has 4 heteroatoms. The first-order valence-corrected chi connectivity index (χ1v) is 7.94. The lowest BCUT2D eigenvalue weighted by Crippen LogP contribution is -2.28. The van der Waals surface area contributed by atoms with Gasteiger partial charge in [-0.15, -0.1) is 0 Å². The van der Waals surface area contributed by atoms with Crippen molar-refractivity contribution in [3.8, 4) is 0 Å². The molecule has 4 nitrogen and oxygen atoms in total. The zero-order valence-corrected chi connectivity index (χ0v) is 13.2. The van der Waals surface area contributed by atoms with Crippen molar-refractivity contribution in [1.82, 2.24) is 9.97 Å². The van der Waals surface area contributed by atoms with Crippen LogP contribution in [0.25, 0.3) is 0 Å². The molecule has 0 bridgehead atoms. The number of ether oxygens (including phenoxy) is 1. The highest BCUT2D eigenvalue weighted by atomic mass is 16.5. The molecule has 1 fully saturated rings. The molecule has 1 aromatic carbocycles. The number of anilines is 1. The number of nitrogens with zero attached hydrogens (tertiary/aromatic N) is 2. The normalized spacial score (nSPS) is 21.5. The molecule has 1 aliphatic heterocycles. The molecule has 22 heavy (non-hydrogen) atoms. The molecule has 116 valence electrons. The summed E-state index contributed by atoms with van der Waals surface area (Å²) >= 11 is 0. The number of benzene rings is 1. The maximum absolute atomic E-state index is 6.05. The SMILES string of the molecule is Cc1ccc(C2OCCCC2CNc2nccc(C)n2)cc1. The zero-order chi connectivity index (χ0) is 15.4. The van der Waals surface area contributed by atoms with Crippen LogP contribution < -0.4 is 5.32 Å². The van der Waals surface area contributed by atoms with Crippen LogP contribution in [0.1, 0.15) is 35.8 Å². The minimum Gasteiger partial charge on any atom is -0.373 e. The third kappa shape index (κ3) is 3.63. The summed E-state index contributed by atoms with van der Waals surface area (Å²) in [5, 5.41) is 3.36. The van der Waals surface area contributed by atoms with Gasteiger partial charge in [0, 0.05) is 31.0 Å². The van der Waals surface area contributed by atoms with Gasteiger partial charge in [-0.3, -0.25) is 0 Å². The molecule has 1 aromatic heterocycles. The molecule has 2 heterocycles. The maximum Gasteiger partial charge on any atom is 0.222 e. The van der Waals surface area contributed by atoms with Crippen LogP contribution in [0, 0.1) is 19.8 Å². The third-order valence-corrected chi connectivity index (χ3v) is 4.17. The van der Waals surface area contributed by atoms with Crippen LogP contribution in [-0.4, -0.2) is 23.1 Å². The quantitative estimate of drug-likeness (QED) is 0.935. The molecule has 1 saturated heterocycles.